The van der Waals surface area contributed by atoms with Gasteiger partial charge in [0.2, 0.25) is 0 Å². The number of carbonyl (C=O) groups excluding carboxylic acids is 1. The number of hydrogen-bond acceptors (Lipinski definition) is 4. The van der Waals surface area contributed by atoms with Crippen molar-refractivity contribution in [1.82, 2.24) is 10.3 Å². The smallest absolute Gasteiger partial charge is 0.311 e. The standard InChI is InChI=1S/C13H14Cl2N2O4/c14-9-2-1-8(10(15)17-9)11(18)16-7-13(12(19)20)3-5-21-6-4-13/h1-2H,3-7H2,(H,16,18)(H,19,20). The fourth-order valence-corrected chi connectivity index (χ4v) is 2.59. The molecule has 1 saturated heterocycles. The first-order valence-electron chi connectivity index (χ1n) is 6.36. The molecule has 2 N–H and O–H groups in total. The number of ether oxygens (including phenoxy) is 1. The molecule has 1 fully saturated rings. The summed E-state index contributed by atoms with van der Waals surface area (Å²) in [5.41, 5.74) is -0.839. The molecular weight excluding hydrogens is 319 g/mol. The number of carboxylic acids is 1. The maximum atomic E-state index is 12.1. The molecular formula is C13H14Cl2N2O4. The van der Waals surface area contributed by atoms with E-state index in [1.807, 2.05) is 0 Å². The molecule has 8 heteroatoms. The van der Waals surface area contributed by atoms with Gasteiger partial charge in [0.15, 0.2) is 0 Å². The minimum atomic E-state index is -1.000. The molecule has 1 aliphatic heterocycles. The Bertz CT molecular complexity index is 559. The highest BCUT2D eigenvalue weighted by molar-refractivity contribution is 6.34. The molecule has 0 spiro atoms. The summed E-state index contributed by atoms with van der Waals surface area (Å²) in [5, 5.41) is 12.2. The first kappa shape index (κ1) is 16.0. The second-order valence-corrected chi connectivity index (χ2v) is 5.60. The van der Waals surface area contributed by atoms with Gasteiger partial charge in [0, 0.05) is 19.8 Å². The number of amides is 1. The Morgan fingerprint density at radius 3 is 2.57 bits per heavy atom. The van der Waals surface area contributed by atoms with Crippen molar-refractivity contribution in [2.24, 2.45) is 5.41 Å². The Morgan fingerprint density at radius 2 is 2.00 bits per heavy atom. The molecule has 0 aromatic carbocycles. The molecule has 1 aromatic heterocycles. The van der Waals surface area contributed by atoms with Crippen molar-refractivity contribution in [3.8, 4) is 0 Å². The van der Waals surface area contributed by atoms with E-state index in [1.54, 1.807) is 0 Å². The number of aliphatic carboxylic acids is 1. The van der Waals surface area contributed by atoms with Gasteiger partial charge in [-0.05, 0) is 25.0 Å². The van der Waals surface area contributed by atoms with E-state index in [2.05, 4.69) is 10.3 Å². The van der Waals surface area contributed by atoms with Crippen molar-refractivity contribution in [3.63, 3.8) is 0 Å². The average Bonchev–Trinajstić information content (AvgIpc) is 2.45. The normalized spacial score (nSPS) is 17.2. The third-order valence-electron chi connectivity index (χ3n) is 3.55. The van der Waals surface area contributed by atoms with Crippen LogP contribution >= 0.6 is 23.2 Å². The lowest BCUT2D eigenvalue weighted by Crippen LogP contribution is -2.46. The molecule has 21 heavy (non-hydrogen) atoms. The molecule has 0 atom stereocenters. The molecule has 1 amide bonds. The van der Waals surface area contributed by atoms with E-state index in [-0.39, 0.29) is 22.4 Å². The highest BCUT2D eigenvalue weighted by Gasteiger charge is 2.40. The van der Waals surface area contributed by atoms with Crippen molar-refractivity contribution < 1.29 is 19.4 Å². The summed E-state index contributed by atoms with van der Waals surface area (Å²) in [5.74, 6) is -1.41. The van der Waals surface area contributed by atoms with E-state index in [4.69, 9.17) is 27.9 Å². The summed E-state index contributed by atoms with van der Waals surface area (Å²) in [4.78, 5) is 27.3. The largest absolute Gasteiger partial charge is 0.481 e. The summed E-state index contributed by atoms with van der Waals surface area (Å²) in [6, 6.07) is 2.90. The third-order valence-corrected chi connectivity index (χ3v) is 4.05. The summed E-state index contributed by atoms with van der Waals surface area (Å²) >= 11 is 11.5. The SMILES string of the molecule is O=C(NCC1(C(=O)O)CCOCC1)c1ccc(Cl)nc1Cl. The van der Waals surface area contributed by atoms with Gasteiger partial charge in [-0.3, -0.25) is 9.59 Å². The summed E-state index contributed by atoms with van der Waals surface area (Å²) in [6.45, 7) is 0.750. The van der Waals surface area contributed by atoms with E-state index in [1.165, 1.54) is 12.1 Å². The molecule has 0 aliphatic carbocycles. The molecule has 0 saturated carbocycles. The second kappa shape index (κ2) is 6.60. The van der Waals surface area contributed by atoms with E-state index < -0.39 is 17.3 Å². The number of rotatable bonds is 4. The molecule has 0 bridgehead atoms. The zero-order chi connectivity index (χ0) is 15.5. The predicted molar refractivity (Wildman–Crippen MR) is 76.7 cm³/mol. The minimum absolute atomic E-state index is 0.0173. The van der Waals surface area contributed by atoms with Gasteiger partial charge in [0.1, 0.15) is 10.3 Å². The van der Waals surface area contributed by atoms with E-state index in [0.29, 0.717) is 26.1 Å². The monoisotopic (exact) mass is 332 g/mol. The van der Waals surface area contributed by atoms with Crippen LogP contribution in [0.2, 0.25) is 10.3 Å². The Balaban J connectivity index is 2.07. The second-order valence-electron chi connectivity index (χ2n) is 4.85. The third kappa shape index (κ3) is 3.64. The topological polar surface area (TPSA) is 88.5 Å². The fourth-order valence-electron chi connectivity index (χ4n) is 2.15. The summed E-state index contributed by atoms with van der Waals surface area (Å²) in [7, 11) is 0. The number of halogens is 2. The van der Waals surface area contributed by atoms with Crippen LogP contribution in [0, 0.1) is 5.41 Å². The molecule has 114 valence electrons. The number of carbonyl (C=O) groups is 2. The van der Waals surface area contributed by atoms with E-state index >= 15 is 0 Å². The summed E-state index contributed by atoms with van der Waals surface area (Å²) in [6.07, 6.45) is 0.713. The molecule has 1 aliphatic rings. The number of hydrogen-bond donors (Lipinski definition) is 2. The zero-order valence-corrected chi connectivity index (χ0v) is 12.6. The Morgan fingerprint density at radius 1 is 1.33 bits per heavy atom. The van der Waals surface area contributed by atoms with Crippen LogP contribution in [0.25, 0.3) is 0 Å². The summed E-state index contributed by atoms with van der Waals surface area (Å²) < 4.78 is 5.18. The van der Waals surface area contributed by atoms with Crippen LogP contribution in [0.1, 0.15) is 23.2 Å². The van der Waals surface area contributed by atoms with Crippen LogP contribution < -0.4 is 5.32 Å². The van der Waals surface area contributed by atoms with Gasteiger partial charge in [-0.25, -0.2) is 4.98 Å². The highest BCUT2D eigenvalue weighted by Crippen LogP contribution is 2.30. The maximum Gasteiger partial charge on any atom is 0.311 e. The van der Waals surface area contributed by atoms with Crippen LogP contribution in [0.3, 0.4) is 0 Å². The fraction of sp³-hybridized carbons (Fsp3) is 0.462. The minimum Gasteiger partial charge on any atom is -0.481 e. The Labute approximate surface area is 131 Å². The van der Waals surface area contributed by atoms with Gasteiger partial charge in [0.05, 0.1) is 11.0 Å². The van der Waals surface area contributed by atoms with Crippen LogP contribution in [0.4, 0.5) is 0 Å². The van der Waals surface area contributed by atoms with Crippen LogP contribution in [-0.4, -0.2) is 41.7 Å². The number of nitrogens with zero attached hydrogens (tertiary/aromatic N) is 1. The zero-order valence-electron chi connectivity index (χ0n) is 11.1. The van der Waals surface area contributed by atoms with E-state index in [0.717, 1.165) is 0 Å². The van der Waals surface area contributed by atoms with Gasteiger partial charge in [-0.1, -0.05) is 23.2 Å². The van der Waals surface area contributed by atoms with E-state index in [9.17, 15) is 14.7 Å². The first-order chi connectivity index (χ1) is 9.94. The van der Waals surface area contributed by atoms with Gasteiger partial charge in [-0.2, -0.15) is 0 Å². The Hall–Kier alpha value is -1.37. The lowest BCUT2D eigenvalue weighted by Gasteiger charge is -2.33. The lowest BCUT2D eigenvalue weighted by atomic mass is 9.80. The average molecular weight is 333 g/mol. The predicted octanol–water partition coefficient (Wildman–Crippen LogP) is 2.00. The highest BCUT2D eigenvalue weighted by atomic mass is 35.5. The van der Waals surface area contributed by atoms with Crippen molar-refractivity contribution in [2.45, 2.75) is 12.8 Å². The van der Waals surface area contributed by atoms with Crippen molar-refractivity contribution in [2.75, 3.05) is 19.8 Å². The van der Waals surface area contributed by atoms with Gasteiger partial charge < -0.3 is 15.2 Å². The number of pyridine rings is 1. The van der Waals surface area contributed by atoms with Crippen molar-refractivity contribution in [1.29, 1.82) is 0 Å². The molecule has 2 heterocycles. The lowest BCUT2D eigenvalue weighted by molar-refractivity contribution is -0.154. The van der Waals surface area contributed by atoms with Gasteiger partial charge in [-0.15, -0.1) is 0 Å². The molecule has 0 unspecified atom stereocenters. The Kier molecular flexibility index (Phi) is 5.03. The molecule has 1 aromatic rings. The molecule has 0 radical (unpaired) electrons. The van der Waals surface area contributed by atoms with Crippen molar-refractivity contribution >= 4 is 35.1 Å². The molecule has 2 rings (SSSR count). The quantitative estimate of drug-likeness (QED) is 0.823. The van der Waals surface area contributed by atoms with Crippen LogP contribution in [-0.2, 0) is 9.53 Å². The number of carboxylic acid groups (broad SMARTS) is 1. The number of nitrogens with one attached hydrogen (secondary N) is 1. The van der Waals surface area contributed by atoms with Crippen molar-refractivity contribution in [3.05, 3.63) is 28.0 Å². The van der Waals surface area contributed by atoms with Crippen LogP contribution in [0.5, 0.6) is 0 Å². The molecule has 6 nitrogen and oxygen atoms in total. The van der Waals surface area contributed by atoms with Gasteiger partial charge >= 0.3 is 5.97 Å². The number of aromatic nitrogens is 1. The van der Waals surface area contributed by atoms with Crippen LogP contribution in [0.15, 0.2) is 12.1 Å². The maximum absolute atomic E-state index is 12.1. The van der Waals surface area contributed by atoms with Gasteiger partial charge in [0.25, 0.3) is 5.91 Å². The first-order valence-corrected chi connectivity index (χ1v) is 7.12.